The molecule has 12 heavy (non-hydrogen) atoms. The van der Waals surface area contributed by atoms with Crippen molar-refractivity contribution in [1.29, 1.82) is 0 Å². The predicted octanol–water partition coefficient (Wildman–Crippen LogP) is 0.800. The Kier molecular flexibility index (Phi) is 2.80. The summed E-state index contributed by atoms with van der Waals surface area (Å²) in [5.41, 5.74) is 0. The van der Waals surface area contributed by atoms with Crippen LogP contribution in [-0.4, -0.2) is 22.0 Å². The lowest BCUT2D eigenvalue weighted by molar-refractivity contribution is 0.271. The first-order valence-corrected chi connectivity index (χ1v) is 6.46. The van der Waals surface area contributed by atoms with E-state index in [1.807, 2.05) is 6.92 Å². The maximum atomic E-state index is 10.9. The minimum Gasteiger partial charge on any atom is -0.607 e. The third kappa shape index (κ3) is 1.38. The van der Waals surface area contributed by atoms with Gasteiger partial charge in [0.25, 0.3) is 0 Å². The summed E-state index contributed by atoms with van der Waals surface area (Å²) >= 11 is -1.77. The van der Waals surface area contributed by atoms with Crippen molar-refractivity contribution in [3.05, 3.63) is 0 Å². The van der Waals surface area contributed by atoms with E-state index in [2.05, 4.69) is 0 Å². The summed E-state index contributed by atoms with van der Waals surface area (Å²) in [7, 11) is -3.66. The molecule has 1 aliphatic rings. The molecule has 0 saturated carbocycles. The van der Waals surface area contributed by atoms with Crippen LogP contribution in [0.15, 0.2) is 0 Å². The van der Waals surface area contributed by atoms with Crippen LogP contribution in [0.25, 0.3) is 0 Å². The monoisotopic (exact) mass is 210 g/mol. The molecule has 0 radical (unpaired) electrons. The number of carbonyl (C=O) groups is 1. The quantitative estimate of drug-likeness (QED) is 0.646. The zero-order valence-electron chi connectivity index (χ0n) is 6.65. The fourth-order valence-corrected chi connectivity index (χ4v) is 4.69. The molecular formula is C6H10O4S2. The van der Waals surface area contributed by atoms with Crippen molar-refractivity contribution >= 4 is 25.5 Å². The van der Waals surface area contributed by atoms with Crippen LogP contribution in [0.4, 0.5) is 4.79 Å². The number of sulfone groups is 1. The standard InChI is InChI=1S/C6H10O4S2/c1-2-3-4-5-11(8)6(7)12(5,9)10/h5H,2-4H2,1H3. The number of hydrogen-bond acceptors (Lipinski definition) is 4. The highest BCUT2D eigenvalue weighted by atomic mass is 32.3. The molecular weight excluding hydrogens is 200 g/mol. The van der Waals surface area contributed by atoms with Crippen molar-refractivity contribution in [1.82, 2.24) is 0 Å². The van der Waals surface area contributed by atoms with E-state index < -0.39 is 30.0 Å². The zero-order valence-corrected chi connectivity index (χ0v) is 8.28. The van der Waals surface area contributed by atoms with Gasteiger partial charge in [-0.05, 0) is 6.42 Å². The van der Waals surface area contributed by atoms with Crippen LogP contribution in [-0.2, 0) is 21.0 Å². The third-order valence-electron chi connectivity index (χ3n) is 1.77. The summed E-state index contributed by atoms with van der Waals surface area (Å²) in [4.78, 5) is 10.6. The molecule has 70 valence electrons. The highest BCUT2D eigenvalue weighted by Gasteiger charge is 2.60. The molecule has 1 heterocycles. The molecule has 6 heteroatoms. The van der Waals surface area contributed by atoms with E-state index in [9.17, 15) is 17.8 Å². The first kappa shape index (κ1) is 10.0. The first-order chi connectivity index (χ1) is 5.51. The lowest BCUT2D eigenvalue weighted by Gasteiger charge is -2.25. The third-order valence-corrected chi connectivity index (χ3v) is 6.68. The van der Waals surface area contributed by atoms with Crippen LogP contribution < -0.4 is 0 Å². The highest BCUT2D eigenvalue weighted by Crippen LogP contribution is 2.32. The second-order valence-electron chi connectivity index (χ2n) is 2.66. The molecule has 0 bridgehead atoms. The van der Waals surface area contributed by atoms with E-state index in [0.29, 0.717) is 12.8 Å². The minimum absolute atomic E-state index is 0.344. The van der Waals surface area contributed by atoms with Crippen molar-refractivity contribution in [3.63, 3.8) is 0 Å². The van der Waals surface area contributed by atoms with Crippen LogP contribution in [0, 0.1) is 0 Å². The van der Waals surface area contributed by atoms with Crippen LogP contribution >= 0.6 is 0 Å². The fraction of sp³-hybridized carbons (Fsp3) is 0.833. The second-order valence-corrected chi connectivity index (χ2v) is 6.79. The molecule has 0 amide bonds. The van der Waals surface area contributed by atoms with E-state index in [1.165, 1.54) is 0 Å². The summed E-state index contributed by atoms with van der Waals surface area (Å²) in [6.45, 7) is 1.91. The molecule has 1 fully saturated rings. The van der Waals surface area contributed by atoms with Crippen molar-refractivity contribution in [2.45, 2.75) is 30.8 Å². The van der Waals surface area contributed by atoms with Crippen LogP contribution in [0.3, 0.4) is 0 Å². The summed E-state index contributed by atoms with van der Waals surface area (Å²) in [5, 5.41) is 0. The molecule has 4 nitrogen and oxygen atoms in total. The topological polar surface area (TPSA) is 74.3 Å². The van der Waals surface area contributed by atoms with Gasteiger partial charge in [-0.3, -0.25) is 0 Å². The van der Waals surface area contributed by atoms with Gasteiger partial charge >= 0.3 is 14.3 Å². The summed E-state index contributed by atoms with van der Waals surface area (Å²) in [5.74, 6) is 0. The lowest BCUT2D eigenvalue weighted by Crippen LogP contribution is -2.51. The second kappa shape index (κ2) is 3.35. The predicted molar refractivity (Wildman–Crippen MR) is 45.8 cm³/mol. The van der Waals surface area contributed by atoms with Gasteiger partial charge in [0, 0.05) is 6.42 Å². The molecule has 1 aliphatic heterocycles. The average Bonchev–Trinajstić information content (AvgIpc) is 2.03. The van der Waals surface area contributed by atoms with Gasteiger partial charge < -0.3 is 4.55 Å². The SMILES string of the molecule is CCCCC1[S+]([O-])C(=O)S1(=O)=O. The van der Waals surface area contributed by atoms with Gasteiger partial charge in [0.2, 0.25) is 4.58 Å². The Morgan fingerprint density at radius 2 is 2.17 bits per heavy atom. The number of carbonyl (C=O) groups excluding carboxylic acids is 1. The fourth-order valence-electron chi connectivity index (χ4n) is 1.03. The molecule has 0 aromatic carbocycles. The number of rotatable bonds is 3. The Morgan fingerprint density at radius 1 is 1.58 bits per heavy atom. The maximum Gasteiger partial charge on any atom is 0.449 e. The molecule has 1 rings (SSSR count). The van der Waals surface area contributed by atoms with Gasteiger partial charge in [-0.1, -0.05) is 13.3 Å². The van der Waals surface area contributed by atoms with Crippen molar-refractivity contribution in [3.8, 4) is 0 Å². The highest BCUT2D eigenvalue weighted by molar-refractivity contribution is 8.45. The largest absolute Gasteiger partial charge is 0.607 e. The van der Waals surface area contributed by atoms with E-state index >= 15 is 0 Å². The van der Waals surface area contributed by atoms with Gasteiger partial charge in [0.1, 0.15) is 0 Å². The molecule has 2 atom stereocenters. The Morgan fingerprint density at radius 3 is 2.58 bits per heavy atom. The molecule has 2 unspecified atom stereocenters. The maximum absolute atomic E-state index is 10.9. The Labute approximate surface area is 74.4 Å². The minimum atomic E-state index is -3.66. The number of unbranched alkanes of at least 4 members (excludes halogenated alkanes) is 1. The first-order valence-electron chi connectivity index (χ1n) is 3.70. The van der Waals surface area contributed by atoms with Gasteiger partial charge in [-0.25, -0.2) is 13.2 Å². The molecule has 0 aromatic rings. The summed E-state index contributed by atoms with van der Waals surface area (Å²) in [6, 6.07) is 0. The van der Waals surface area contributed by atoms with Crippen LogP contribution in [0.2, 0.25) is 0 Å². The number of hydrogen-bond donors (Lipinski definition) is 0. The van der Waals surface area contributed by atoms with Crippen LogP contribution in [0.1, 0.15) is 26.2 Å². The van der Waals surface area contributed by atoms with Gasteiger partial charge in [0.05, 0.1) is 11.2 Å². The Balaban J connectivity index is 2.62. The van der Waals surface area contributed by atoms with E-state index in [0.717, 1.165) is 6.42 Å². The lowest BCUT2D eigenvalue weighted by atomic mass is 10.3. The van der Waals surface area contributed by atoms with E-state index in [1.54, 1.807) is 0 Å². The molecule has 0 spiro atoms. The molecule has 0 aromatic heterocycles. The summed E-state index contributed by atoms with van der Waals surface area (Å²) in [6.07, 6.45) is 1.89. The van der Waals surface area contributed by atoms with Crippen molar-refractivity contribution < 1.29 is 17.8 Å². The van der Waals surface area contributed by atoms with Gasteiger partial charge in [-0.2, -0.15) is 0 Å². The zero-order chi connectivity index (χ0) is 9.35. The smallest absolute Gasteiger partial charge is 0.449 e. The Hall–Kier alpha value is -0.0700. The van der Waals surface area contributed by atoms with E-state index in [4.69, 9.17) is 0 Å². The summed E-state index contributed by atoms with van der Waals surface area (Å²) < 4.78 is 30.7. The molecule has 0 N–H and O–H groups in total. The van der Waals surface area contributed by atoms with Crippen molar-refractivity contribution in [2.75, 3.05) is 0 Å². The normalized spacial score (nSPS) is 33.0. The molecule has 1 saturated heterocycles. The average molecular weight is 210 g/mol. The van der Waals surface area contributed by atoms with Gasteiger partial charge in [0.15, 0.2) is 0 Å². The van der Waals surface area contributed by atoms with Crippen LogP contribution in [0.5, 0.6) is 0 Å². The Bertz CT molecular complexity index is 282. The van der Waals surface area contributed by atoms with E-state index in [-0.39, 0.29) is 0 Å². The van der Waals surface area contributed by atoms with Crippen molar-refractivity contribution in [2.24, 2.45) is 0 Å². The molecule has 0 aliphatic carbocycles. The van der Waals surface area contributed by atoms with Gasteiger partial charge in [-0.15, -0.1) is 0 Å².